The molecule has 1 aliphatic rings. The molecule has 0 atom stereocenters. The number of thiazole rings is 1. The highest BCUT2D eigenvalue weighted by atomic mass is 32.1. The van der Waals surface area contributed by atoms with Crippen molar-refractivity contribution in [3.63, 3.8) is 0 Å². The number of carbonyl (C=O) groups is 1. The molecule has 23 heavy (non-hydrogen) atoms. The highest BCUT2D eigenvalue weighted by Gasteiger charge is 2.55. The summed E-state index contributed by atoms with van der Waals surface area (Å²) < 4.78 is 13.2. The van der Waals surface area contributed by atoms with Gasteiger partial charge in [-0.15, -0.1) is 11.3 Å². The van der Waals surface area contributed by atoms with E-state index in [1.807, 2.05) is 17.5 Å². The maximum atomic E-state index is 13.2. The van der Waals surface area contributed by atoms with Crippen LogP contribution in [0, 0.1) is 5.82 Å². The van der Waals surface area contributed by atoms with Gasteiger partial charge in [-0.25, -0.2) is 9.37 Å². The molecule has 1 N–H and O–H groups in total. The quantitative estimate of drug-likeness (QED) is 0.873. The van der Waals surface area contributed by atoms with Crippen molar-refractivity contribution in [3.05, 3.63) is 52.2 Å². The summed E-state index contributed by atoms with van der Waals surface area (Å²) in [7, 11) is 0. The van der Waals surface area contributed by atoms with Crippen LogP contribution in [0.4, 0.5) is 4.39 Å². The van der Waals surface area contributed by atoms with Gasteiger partial charge in [0.05, 0.1) is 11.2 Å². The minimum atomic E-state index is -0.235. The Morgan fingerprint density at radius 3 is 2.61 bits per heavy atom. The van der Waals surface area contributed by atoms with Crippen molar-refractivity contribution in [1.82, 2.24) is 10.3 Å². The van der Waals surface area contributed by atoms with Gasteiger partial charge in [0.15, 0.2) is 0 Å². The van der Waals surface area contributed by atoms with Crippen molar-refractivity contribution >= 4 is 17.2 Å². The zero-order valence-electron chi connectivity index (χ0n) is 13.4. The molecule has 122 valence electrons. The molecule has 0 bridgehead atoms. The summed E-state index contributed by atoms with van der Waals surface area (Å²) in [5, 5.41) is 5.20. The number of nitrogens with one attached hydrogen (secondary N) is 1. The Labute approximate surface area is 140 Å². The number of nitrogens with zero attached hydrogens (tertiary/aromatic N) is 1. The fourth-order valence-corrected chi connectivity index (χ4v) is 3.70. The maximum absolute atomic E-state index is 13.2. The summed E-state index contributed by atoms with van der Waals surface area (Å²) >= 11 is 1.55. The van der Waals surface area contributed by atoms with E-state index in [0.717, 1.165) is 24.1 Å². The maximum Gasteiger partial charge on any atom is 0.220 e. The van der Waals surface area contributed by atoms with Crippen LogP contribution < -0.4 is 5.32 Å². The number of halogens is 1. The van der Waals surface area contributed by atoms with Crippen LogP contribution in [0.2, 0.25) is 0 Å². The molecule has 0 spiro atoms. The van der Waals surface area contributed by atoms with E-state index >= 15 is 0 Å². The number of carbonyl (C=O) groups excluding carboxylic acids is 1. The Bertz CT molecular complexity index is 676. The Morgan fingerprint density at radius 1 is 1.35 bits per heavy atom. The number of amides is 1. The number of hydrogen-bond donors (Lipinski definition) is 1. The fourth-order valence-electron chi connectivity index (χ4n) is 3.11. The predicted octanol–water partition coefficient (Wildman–Crippen LogP) is 3.84. The van der Waals surface area contributed by atoms with E-state index < -0.39 is 0 Å². The topological polar surface area (TPSA) is 42.0 Å². The molecule has 3 nitrogen and oxygen atoms in total. The minimum Gasteiger partial charge on any atom is -0.350 e. The SMILES string of the molecule is CC(C)(c1ccc(F)cc1)C1(NC(=O)CCc2cscn2)CC1. The van der Waals surface area contributed by atoms with Crippen molar-refractivity contribution < 1.29 is 9.18 Å². The highest BCUT2D eigenvalue weighted by Crippen LogP contribution is 2.51. The van der Waals surface area contributed by atoms with Crippen LogP contribution in [0.25, 0.3) is 0 Å². The average molecular weight is 332 g/mol. The molecule has 1 aromatic heterocycles. The molecule has 1 fully saturated rings. The second kappa shape index (κ2) is 6.04. The highest BCUT2D eigenvalue weighted by molar-refractivity contribution is 7.07. The second-order valence-corrected chi connectivity index (χ2v) is 7.46. The van der Waals surface area contributed by atoms with Gasteiger partial charge >= 0.3 is 0 Å². The van der Waals surface area contributed by atoms with E-state index in [-0.39, 0.29) is 22.7 Å². The first-order valence-electron chi connectivity index (χ1n) is 7.87. The van der Waals surface area contributed by atoms with Crippen molar-refractivity contribution in [1.29, 1.82) is 0 Å². The molecule has 3 rings (SSSR count). The zero-order chi connectivity index (χ0) is 16.5. The molecular weight excluding hydrogens is 311 g/mol. The first-order chi connectivity index (χ1) is 10.9. The zero-order valence-corrected chi connectivity index (χ0v) is 14.3. The van der Waals surface area contributed by atoms with Crippen molar-refractivity contribution in [3.8, 4) is 0 Å². The van der Waals surface area contributed by atoms with Gasteiger partial charge in [-0.05, 0) is 37.0 Å². The molecule has 2 aromatic rings. The molecule has 1 amide bonds. The first-order valence-corrected chi connectivity index (χ1v) is 8.81. The number of rotatable bonds is 6. The van der Waals surface area contributed by atoms with Crippen LogP contribution in [0.1, 0.15) is 44.4 Å². The van der Waals surface area contributed by atoms with Crippen LogP contribution in [-0.2, 0) is 16.6 Å². The summed E-state index contributed by atoms with van der Waals surface area (Å²) in [5.74, 6) is -0.174. The third-order valence-electron chi connectivity index (χ3n) is 4.98. The average Bonchev–Trinajstić information content (AvgIpc) is 3.12. The van der Waals surface area contributed by atoms with Gasteiger partial charge < -0.3 is 5.32 Å². The lowest BCUT2D eigenvalue weighted by atomic mass is 9.75. The van der Waals surface area contributed by atoms with E-state index in [2.05, 4.69) is 24.1 Å². The van der Waals surface area contributed by atoms with Gasteiger partial charge in [0.25, 0.3) is 0 Å². The smallest absolute Gasteiger partial charge is 0.220 e. The molecule has 0 radical (unpaired) electrons. The Kier molecular flexibility index (Phi) is 4.23. The largest absolute Gasteiger partial charge is 0.350 e. The number of benzene rings is 1. The van der Waals surface area contributed by atoms with Crippen LogP contribution in [0.5, 0.6) is 0 Å². The normalized spacial score (nSPS) is 16.1. The molecule has 1 saturated carbocycles. The van der Waals surface area contributed by atoms with Gasteiger partial charge in [-0.1, -0.05) is 26.0 Å². The van der Waals surface area contributed by atoms with Crippen LogP contribution >= 0.6 is 11.3 Å². The van der Waals surface area contributed by atoms with Crippen LogP contribution in [0.15, 0.2) is 35.2 Å². The van der Waals surface area contributed by atoms with E-state index in [0.29, 0.717) is 12.8 Å². The van der Waals surface area contributed by atoms with Gasteiger partial charge in [0, 0.05) is 22.8 Å². The molecule has 1 aliphatic carbocycles. The minimum absolute atomic E-state index is 0.0608. The molecule has 1 aromatic carbocycles. The van der Waals surface area contributed by atoms with Gasteiger partial charge in [-0.3, -0.25) is 4.79 Å². The van der Waals surface area contributed by atoms with E-state index in [9.17, 15) is 9.18 Å². The summed E-state index contributed by atoms with van der Waals surface area (Å²) in [6.07, 6.45) is 3.03. The van der Waals surface area contributed by atoms with Crippen molar-refractivity contribution in [2.75, 3.05) is 0 Å². The van der Waals surface area contributed by atoms with Gasteiger partial charge in [-0.2, -0.15) is 0 Å². The summed E-state index contributed by atoms with van der Waals surface area (Å²) in [4.78, 5) is 16.5. The molecule has 5 heteroatoms. The predicted molar refractivity (Wildman–Crippen MR) is 90.0 cm³/mol. The third kappa shape index (κ3) is 3.29. The lowest BCUT2D eigenvalue weighted by Gasteiger charge is -2.36. The third-order valence-corrected chi connectivity index (χ3v) is 5.62. The summed E-state index contributed by atoms with van der Waals surface area (Å²) in [5.41, 5.74) is 3.36. The fraction of sp³-hybridized carbons (Fsp3) is 0.444. The van der Waals surface area contributed by atoms with E-state index in [1.165, 1.54) is 12.1 Å². The Hall–Kier alpha value is -1.75. The molecule has 1 heterocycles. The second-order valence-electron chi connectivity index (χ2n) is 6.74. The van der Waals surface area contributed by atoms with E-state index in [1.54, 1.807) is 16.8 Å². The van der Waals surface area contributed by atoms with E-state index in [4.69, 9.17) is 0 Å². The number of aryl methyl sites for hydroxylation is 1. The molecule has 0 aliphatic heterocycles. The summed E-state index contributed by atoms with van der Waals surface area (Å²) in [6.45, 7) is 4.24. The van der Waals surface area contributed by atoms with Gasteiger partial charge in [0.1, 0.15) is 5.82 Å². The Morgan fingerprint density at radius 2 is 2.04 bits per heavy atom. The lowest BCUT2D eigenvalue weighted by molar-refractivity contribution is -0.122. The van der Waals surface area contributed by atoms with Crippen LogP contribution in [0.3, 0.4) is 0 Å². The summed E-state index contributed by atoms with van der Waals surface area (Å²) in [6, 6.07) is 6.60. The number of hydrogen-bond acceptors (Lipinski definition) is 3. The first kappa shape index (κ1) is 16.1. The standard InChI is InChI=1S/C18H21FN2OS/c1-17(2,13-3-5-14(19)6-4-13)18(9-10-18)21-16(22)8-7-15-11-23-12-20-15/h3-6,11-12H,7-10H2,1-2H3,(H,21,22). The Balaban J connectivity index is 1.66. The van der Waals surface area contributed by atoms with Gasteiger partial charge in [0.2, 0.25) is 5.91 Å². The number of aromatic nitrogens is 1. The van der Waals surface area contributed by atoms with Crippen molar-refractivity contribution in [2.24, 2.45) is 0 Å². The molecule has 0 saturated heterocycles. The monoisotopic (exact) mass is 332 g/mol. The molecule has 0 unspecified atom stereocenters. The van der Waals surface area contributed by atoms with Crippen LogP contribution in [-0.4, -0.2) is 16.4 Å². The van der Waals surface area contributed by atoms with Crippen molar-refractivity contribution in [2.45, 2.75) is 50.5 Å². The molecular formula is C18H21FN2OS. The lowest BCUT2D eigenvalue weighted by Crippen LogP contribution is -2.50.